The molecular weight excluding hydrogens is 390 g/mol. The van der Waals surface area contributed by atoms with Gasteiger partial charge in [0.15, 0.2) is 0 Å². The molecule has 0 bridgehead atoms. The third-order valence-corrected chi connectivity index (χ3v) is 6.28. The summed E-state index contributed by atoms with van der Waals surface area (Å²) in [7, 11) is -3.55. The number of hydrogen-bond donors (Lipinski definition) is 2. The molecular formula is C21H25N3O4S. The Labute approximate surface area is 171 Å². The summed E-state index contributed by atoms with van der Waals surface area (Å²) in [6.45, 7) is 5.04. The van der Waals surface area contributed by atoms with Crippen LogP contribution < -0.4 is 10.0 Å². The molecule has 0 atom stereocenters. The standard InChI is InChI=1S/C21H25N3O4S/c1-3-24(4-2)21(26)16-6-5-7-18(14-16)22-20(25)15-8-12-19(13-9-15)29(27,28)23-17-10-11-17/h5-9,12-14,17,23H,3-4,10-11H2,1-2H3,(H,22,25). The summed E-state index contributed by atoms with van der Waals surface area (Å²) < 4.78 is 27.0. The van der Waals surface area contributed by atoms with Crippen molar-refractivity contribution in [3.05, 3.63) is 59.7 Å². The van der Waals surface area contributed by atoms with E-state index in [2.05, 4.69) is 10.0 Å². The molecule has 2 N–H and O–H groups in total. The van der Waals surface area contributed by atoms with E-state index < -0.39 is 10.0 Å². The molecule has 7 nitrogen and oxygen atoms in total. The van der Waals surface area contributed by atoms with Gasteiger partial charge in [-0.2, -0.15) is 0 Å². The minimum Gasteiger partial charge on any atom is -0.339 e. The first-order valence-corrected chi connectivity index (χ1v) is 11.2. The average molecular weight is 416 g/mol. The first-order valence-electron chi connectivity index (χ1n) is 9.67. The summed E-state index contributed by atoms with van der Waals surface area (Å²) >= 11 is 0. The molecule has 0 saturated heterocycles. The predicted molar refractivity (Wildman–Crippen MR) is 111 cm³/mol. The van der Waals surface area contributed by atoms with E-state index >= 15 is 0 Å². The summed E-state index contributed by atoms with van der Waals surface area (Å²) in [4.78, 5) is 26.8. The molecule has 2 aromatic carbocycles. The Bertz CT molecular complexity index is 995. The zero-order valence-corrected chi connectivity index (χ0v) is 17.3. The van der Waals surface area contributed by atoms with Gasteiger partial charge in [-0.15, -0.1) is 0 Å². The average Bonchev–Trinajstić information content (AvgIpc) is 3.52. The highest BCUT2D eigenvalue weighted by Gasteiger charge is 2.28. The van der Waals surface area contributed by atoms with Gasteiger partial charge in [-0.25, -0.2) is 13.1 Å². The topological polar surface area (TPSA) is 95.6 Å². The fraction of sp³-hybridized carbons (Fsp3) is 0.333. The van der Waals surface area contributed by atoms with Gasteiger partial charge in [0.05, 0.1) is 4.90 Å². The Morgan fingerprint density at radius 1 is 1.00 bits per heavy atom. The maximum atomic E-state index is 12.5. The normalized spacial score (nSPS) is 13.7. The SMILES string of the molecule is CCN(CC)C(=O)c1cccc(NC(=O)c2ccc(S(=O)(=O)NC3CC3)cc2)c1. The first kappa shape index (κ1) is 21.0. The lowest BCUT2D eigenvalue weighted by Crippen LogP contribution is -2.30. The van der Waals surface area contributed by atoms with Crippen molar-refractivity contribution in [2.75, 3.05) is 18.4 Å². The second kappa shape index (κ2) is 8.75. The third kappa shape index (κ3) is 5.21. The number of benzene rings is 2. The van der Waals surface area contributed by atoms with Crippen LogP contribution in [0.15, 0.2) is 53.4 Å². The van der Waals surface area contributed by atoms with Gasteiger partial charge in [0, 0.05) is 35.9 Å². The maximum absolute atomic E-state index is 12.5. The zero-order valence-electron chi connectivity index (χ0n) is 16.5. The van der Waals surface area contributed by atoms with Crippen LogP contribution in [-0.4, -0.2) is 44.3 Å². The lowest BCUT2D eigenvalue weighted by molar-refractivity contribution is 0.0772. The van der Waals surface area contributed by atoms with Crippen molar-refractivity contribution in [2.45, 2.75) is 37.6 Å². The zero-order chi connectivity index (χ0) is 21.0. The number of carbonyl (C=O) groups excluding carboxylic acids is 2. The monoisotopic (exact) mass is 415 g/mol. The van der Waals surface area contributed by atoms with Crippen LogP contribution >= 0.6 is 0 Å². The van der Waals surface area contributed by atoms with Crippen molar-refractivity contribution in [1.29, 1.82) is 0 Å². The molecule has 3 rings (SSSR count). The molecule has 154 valence electrons. The van der Waals surface area contributed by atoms with Crippen LogP contribution in [0.25, 0.3) is 0 Å². The van der Waals surface area contributed by atoms with E-state index in [1.165, 1.54) is 24.3 Å². The Balaban J connectivity index is 1.70. The van der Waals surface area contributed by atoms with Gasteiger partial charge < -0.3 is 10.2 Å². The number of amides is 2. The first-order chi connectivity index (χ1) is 13.8. The molecule has 8 heteroatoms. The highest BCUT2D eigenvalue weighted by Crippen LogP contribution is 2.22. The van der Waals surface area contributed by atoms with E-state index in [0.717, 1.165) is 12.8 Å². The number of rotatable bonds is 8. The van der Waals surface area contributed by atoms with E-state index in [4.69, 9.17) is 0 Å². The Morgan fingerprint density at radius 3 is 2.24 bits per heavy atom. The molecule has 1 fully saturated rings. The lowest BCUT2D eigenvalue weighted by atomic mass is 10.1. The summed E-state index contributed by atoms with van der Waals surface area (Å²) in [5, 5.41) is 2.75. The van der Waals surface area contributed by atoms with Crippen molar-refractivity contribution in [1.82, 2.24) is 9.62 Å². The van der Waals surface area contributed by atoms with Gasteiger partial charge in [-0.1, -0.05) is 6.07 Å². The highest BCUT2D eigenvalue weighted by atomic mass is 32.2. The van der Waals surface area contributed by atoms with Gasteiger partial charge in [-0.05, 0) is 69.2 Å². The quantitative estimate of drug-likeness (QED) is 0.693. The molecule has 2 aromatic rings. The summed E-state index contributed by atoms with van der Waals surface area (Å²) in [6.07, 6.45) is 1.71. The molecule has 0 spiro atoms. The number of carbonyl (C=O) groups is 2. The van der Waals surface area contributed by atoms with Gasteiger partial charge in [0.25, 0.3) is 11.8 Å². The molecule has 29 heavy (non-hydrogen) atoms. The van der Waals surface area contributed by atoms with Crippen molar-refractivity contribution < 1.29 is 18.0 Å². The smallest absolute Gasteiger partial charge is 0.255 e. The van der Waals surface area contributed by atoms with Gasteiger partial charge in [-0.3, -0.25) is 9.59 Å². The van der Waals surface area contributed by atoms with Crippen LogP contribution in [0.2, 0.25) is 0 Å². The Kier molecular flexibility index (Phi) is 6.34. The van der Waals surface area contributed by atoms with Crippen LogP contribution in [0.4, 0.5) is 5.69 Å². The Morgan fingerprint density at radius 2 is 1.66 bits per heavy atom. The number of nitrogens with zero attached hydrogens (tertiary/aromatic N) is 1. The largest absolute Gasteiger partial charge is 0.339 e. The van der Waals surface area contributed by atoms with Crippen LogP contribution in [0, 0.1) is 0 Å². The summed E-state index contributed by atoms with van der Waals surface area (Å²) in [5.41, 5.74) is 1.33. The van der Waals surface area contributed by atoms with Crippen molar-refractivity contribution in [3.8, 4) is 0 Å². The van der Waals surface area contributed by atoms with Crippen molar-refractivity contribution >= 4 is 27.5 Å². The Hall–Kier alpha value is -2.71. The van der Waals surface area contributed by atoms with Crippen molar-refractivity contribution in [3.63, 3.8) is 0 Å². The van der Waals surface area contributed by atoms with Crippen molar-refractivity contribution in [2.24, 2.45) is 0 Å². The van der Waals surface area contributed by atoms with E-state index in [0.29, 0.717) is 29.9 Å². The fourth-order valence-corrected chi connectivity index (χ4v) is 4.21. The number of hydrogen-bond acceptors (Lipinski definition) is 4. The van der Waals surface area contributed by atoms with E-state index in [9.17, 15) is 18.0 Å². The summed E-state index contributed by atoms with van der Waals surface area (Å²) in [5.74, 6) is -0.472. The van der Waals surface area contributed by atoms with Crippen LogP contribution in [0.1, 0.15) is 47.4 Å². The lowest BCUT2D eigenvalue weighted by Gasteiger charge is -2.19. The molecule has 0 radical (unpaired) electrons. The van der Waals surface area contributed by atoms with Gasteiger partial charge in [0.2, 0.25) is 10.0 Å². The van der Waals surface area contributed by atoms with E-state index in [1.54, 1.807) is 29.2 Å². The number of sulfonamides is 1. The maximum Gasteiger partial charge on any atom is 0.255 e. The molecule has 0 heterocycles. The molecule has 1 aliphatic rings. The molecule has 1 saturated carbocycles. The number of anilines is 1. The third-order valence-electron chi connectivity index (χ3n) is 4.74. The van der Waals surface area contributed by atoms with Crippen LogP contribution in [0.5, 0.6) is 0 Å². The predicted octanol–water partition coefficient (Wildman–Crippen LogP) is 2.86. The molecule has 0 aromatic heterocycles. The minimum absolute atomic E-state index is 0.0225. The second-order valence-electron chi connectivity index (χ2n) is 6.93. The van der Waals surface area contributed by atoms with Gasteiger partial charge >= 0.3 is 0 Å². The molecule has 2 amide bonds. The van der Waals surface area contributed by atoms with Gasteiger partial charge in [0.1, 0.15) is 0 Å². The number of nitrogens with one attached hydrogen (secondary N) is 2. The van der Waals surface area contributed by atoms with Crippen LogP contribution in [-0.2, 0) is 10.0 Å². The highest BCUT2D eigenvalue weighted by molar-refractivity contribution is 7.89. The molecule has 0 aliphatic heterocycles. The van der Waals surface area contributed by atoms with E-state index in [-0.39, 0.29) is 22.8 Å². The second-order valence-corrected chi connectivity index (χ2v) is 8.65. The molecule has 1 aliphatic carbocycles. The summed E-state index contributed by atoms with van der Waals surface area (Å²) in [6, 6.07) is 12.6. The fourth-order valence-electron chi connectivity index (χ4n) is 2.90. The minimum atomic E-state index is -3.55. The van der Waals surface area contributed by atoms with E-state index in [1.807, 2.05) is 13.8 Å². The molecule has 0 unspecified atom stereocenters. The van der Waals surface area contributed by atoms with Crippen LogP contribution in [0.3, 0.4) is 0 Å².